The lowest BCUT2D eigenvalue weighted by Gasteiger charge is -2.08. The van der Waals surface area contributed by atoms with Crippen molar-refractivity contribution in [1.82, 2.24) is 15.6 Å². The molecule has 1 aromatic heterocycles. The molecule has 0 bridgehead atoms. The van der Waals surface area contributed by atoms with Crippen molar-refractivity contribution in [3.63, 3.8) is 0 Å². The molecule has 2 N–H and O–H groups in total. The zero-order valence-corrected chi connectivity index (χ0v) is 17.5. The first-order chi connectivity index (χ1) is 11.7. The summed E-state index contributed by atoms with van der Waals surface area (Å²) in [6.07, 6.45) is 1.50. The van der Waals surface area contributed by atoms with Gasteiger partial charge in [0.15, 0.2) is 0 Å². The average molecular weight is 467 g/mol. The zero-order valence-electron chi connectivity index (χ0n) is 14.2. The van der Waals surface area contributed by atoms with Crippen LogP contribution in [0.5, 0.6) is 11.6 Å². The van der Waals surface area contributed by atoms with Gasteiger partial charge in [0, 0.05) is 43.5 Å². The number of hydrogen-bond acceptors (Lipinski definition) is 5. The SMILES string of the molecule is COCCNCCNC(=O)c1ccc(Oc2cccc(Br)c2)nc1.Cl.Cl. The Hall–Kier alpha value is -1.38. The van der Waals surface area contributed by atoms with Crippen LogP contribution in [0, 0.1) is 0 Å². The van der Waals surface area contributed by atoms with Crippen molar-refractivity contribution in [3.8, 4) is 11.6 Å². The summed E-state index contributed by atoms with van der Waals surface area (Å²) < 4.78 is 11.5. The van der Waals surface area contributed by atoms with Gasteiger partial charge in [-0.25, -0.2) is 4.98 Å². The third kappa shape index (κ3) is 8.82. The summed E-state index contributed by atoms with van der Waals surface area (Å²) in [5.74, 6) is 0.951. The number of nitrogens with zero attached hydrogens (tertiary/aromatic N) is 1. The summed E-state index contributed by atoms with van der Waals surface area (Å²) in [4.78, 5) is 16.2. The lowest BCUT2D eigenvalue weighted by molar-refractivity contribution is 0.0953. The highest BCUT2D eigenvalue weighted by molar-refractivity contribution is 9.10. The highest BCUT2D eigenvalue weighted by Gasteiger charge is 2.06. The summed E-state index contributed by atoms with van der Waals surface area (Å²) in [5, 5.41) is 5.98. The highest BCUT2D eigenvalue weighted by Crippen LogP contribution is 2.22. The lowest BCUT2D eigenvalue weighted by Crippen LogP contribution is -2.33. The number of pyridine rings is 1. The van der Waals surface area contributed by atoms with Crippen molar-refractivity contribution in [2.75, 3.05) is 33.4 Å². The molecule has 1 heterocycles. The van der Waals surface area contributed by atoms with E-state index >= 15 is 0 Å². The summed E-state index contributed by atoms with van der Waals surface area (Å²) >= 11 is 3.38. The normalized spacial score (nSPS) is 9.62. The fraction of sp³-hybridized carbons (Fsp3) is 0.294. The van der Waals surface area contributed by atoms with Gasteiger partial charge < -0.3 is 20.1 Å². The van der Waals surface area contributed by atoms with Gasteiger partial charge in [-0.2, -0.15) is 0 Å². The van der Waals surface area contributed by atoms with Gasteiger partial charge >= 0.3 is 0 Å². The number of hydrogen-bond donors (Lipinski definition) is 2. The standard InChI is InChI=1S/C17H20BrN3O3.2ClH/c1-23-10-9-19-7-8-20-17(22)13-5-6-16(21-12-13)24-15-4-2-3-14(18)11-15;;/h2-6,11-12,19H,7-10H2,1H3,(H,20,22);2*1H. The molecule has 2 rings (SSSR count). The number of carbonyl (C=O) groups is 1. The predicted octanol–water partition coefficient (Wildman–Crippen LogP) is 3.45. The largest absolute Gasteiger partial charge is 0.439 e. The van der Waals surface area contributed by atoms with Crippen molar-refractivity contribution in [1.29, 1.82) is 0 Å². The van der Waals surface area contributed by atoms with Crippen LogP contribution in [0.1, 0.15) is 10.4 Å². The maximum absolute atomic E-state index is 12.0. The topological polar surface area (TPSA) is 72.5 Å². The van der Waals surface area contributed by atoms with Crippen molar-refractivity contribution in [3.05, 3.63) is 52.6 Å². The smallest absolute Gasteiger partial charge is 0.252 e. The van der Waals surface area contributed by atoms with Gasteiger partial charge in [-0.05, 0) is 24.3 Å². The minimum Gasteiger partial charge on any atom is -0.439 e. The van der Waals surface area contributed by atoms with E-state index in [2.05, 4.69) is 31.5 Å². The van der Waals surface area contributed by atoms with E-state index in [0.29, 0.717) is 36.9 Å². The molecular formula is C17H22BrCl2N3O3. The molecule has 0 aliphatic heterocycles. The molecule has 0 saturated heterocycles. The number of amides is 1. The average Bonchev–Trinajstić information content (AvgIpc) is 2.58. The number of ether oxygens (including phenoxy) is 2. The molecular weight excluding hydrogens is 445 g/mol. The Kier molecular flexibility index (Phi) is 13.0. The molecule has 0 aliphatic carbocycles. The Balaban J connectivity index is 0.00000312. The van der Waals surface area contributed by atoms with Crippen LogP contribution < -0.4 is 15.4 Å². The van der Waals surface area contributed by atoms with Crippen molar-refractivity contribution < 1.29 is 14.3 Å². The Morgan fingerprint density at radius 3 is 2.62 bits per heavy atom. The van der Waals surface area contributed by atoms with E-state index in [0.717, 1.165) is 11.0 Å². The summed E-state index contributed by atoms with van der Waals surface area (Å²) in [5.41, 5.74) is 0.494. The van der Waals surface area contributed by atoms with Crippen LogP contribution in [-0.2, 0) is 4.74 Å². The van der Waals surface area contributed by atoms with Gasteiger partial charge in [-0.15, -0.1) is 24.8 Å². The number of methoxy groups -OCH3 is 1. The number of benzene rings is 1. The molecule has 0 unspecified atom stereocenters. The van der Waals surface area contributed by atoms with Crippen LogP contribution in [0.3, 0.4) is 0 Å². The lowest BCUT2D eigenvalue weighted by atomic mass is 10.2. The van der Waals surface area contributed by atoms with Crippen LogP contribution >= 0.6 is 40.7 Å². The Labute approximate surface area is 174 Å². The van der Waals surface area contributed by atoms with Crippen LogP contribution in [0.4, 0.5) is 0 Å². The van der Waals surface area contributed by atoms with Crippen molar-refractivity contribution in [2.45, 2.75) is 0 Å². The molecule has 0 atom stereocenters. The van der Waals surface area contributed by atoms with Gasteiger partial charge in [0.1, 0.15) is 5.75 Å². The molecule has 0 aliphatic rings. The second-order valence-corrected chi connectivity index (χ2v) is 5.86. The third-order valence-corrected chi connectivity index (χ3v) is 3.58. The maximum atomic E-state index is 12.0. The van der Waals surface area contributed by atoms with Crippen molar-refractivity contribution >= 4 is 46.7 Å². The van der Waals surface area contributed by atoms with Crippen LogP contribution in [-0.4, -0.2) is 44.2 Å². The summed E-state index contributed by atoms with van der Waals surface area (Å²) in [6.45, 7) is 2.64. The van der Waals surface area contributed by atoms with Gasteiger partial charge in [-0.1, -0.05) is 22.0 Å². The van der Waals surface area contributed by atoms with E-state index < -0.39 is 0 Å². The molecule has 9 heteroatoms. The van der Waals surface area contributed by atoms with E-state index in [9.17, 15) is 4.79 Å². The molecule has 0 spiro atoms. The number of aromatic nitrogens is 1. The number of halogens is 3. The van der Waals surface area contributed by atoms with Gasteiger partial charge in [-0.3, -0.25) is 4.79 Å². The first kappa shape index (κ1) is 24.6. The molecule has 1 aromatic carbocycles. The van der Waals surface area contributed by atoms with E-state index in [1.165, 1.54) is 6.20 Å². The van der Waals surface area contributed by atoms with Crippen LogP contribution in [0.25, 0.3) is 0 Å². The third-order valence-electron chi connectivity index (χ3n) is 3.09. The van der Waals surface area contributed by atoms with E-state index in [4.69, 9.17) is 9.47 Å². The number of nitrogens with one attached hydrogen (secondary N) is 2. The van der Waals surface area contributed by atoms with Crippen molar-refractivity contribution in [2.24, 2.45) is 0 Å². The first-order valence-corrected chi connectivity index (χ1v) is 8.35. The van der Waals surface area contributed by atoms with Gasteiger partial charge in [0.2, 0.25) is 5.88 Å². The molecule has 144 valence electrons. The van der Waals surface area contributed by atoms with E-state index in [1.807, 2.05) is 24.3 Å². The quantitative estimate of drug-likeness (QED) is 0.553. The minimum atomic E-state index is -0.162. The second kappa shape index (κ2) is 13.8. The monoisotopic (exact) mass is 465 g/mol. The molecule has 0 fully saturated rings. The molecule has 0 saturated carbocycles. The zero-order chi connectivity index (χ0) is 17.2. The highest BCUT2D eigenvalue weighted by atomic mass is 79.9. The molecule has 6 nitrogen and oxygen atoms in total. The number of rotatable bonds is 9. The first-order valence-electron chi connectivity index (χ1n) is 7.56. The number of carbonyl (C=O) groups excluding carboxylic acids is 1. The summed E-state index contributed by atoms with van der Waals surface area (Å²) in [6, 6.07) is 10.8. The van der Waals surface area contributed by atoms with Gasteiger partial charge in [0.25, 0.3) is 5.91 Å². The van der Waals surface area contributed by atoms with Crippen LogP contribution in [0.2, 0.25) is 0 Å². The Morgan fingerprint density at radius 1 is 1.15 bits per heavy atom. The fourth-order valence-electron chi connectivity index (χ4n) is 1.89. The fourth-order valence-corrected chi connectivity index (χ4v) is 2.27. The Morgan fingerprint density at radius 2 is 1.96 bits per heavy atom. The van der Waals surface area contributed by atoms with E-state index in [1.54, 1.807) is 19.2 Å². The minimum absolute atomic E-state index is 0. The maximum Gasteiger partial charge on any atom is 0.252 e. The van der Waals surface area contributed by atoms with Crippen LogP contribution in [0.15, 0.2) is 47.1 Å². The molecule has 2 aromatic rings. The molecule has 0 radical (unpaired) electrons. The molecule has 1 amide bonds. The Bertz CT molecular complexity index is 660. The van der Waals surface area contributed by atoms with E-state index in [-0.39, 0.29) is 30.7 Å². The van der Waals surface area contributed by atoms with Gasteiger partial charge in [0.05, 0.1) is 12.2 Å². The summed E-state index contributed by atoms with van der Waals surface area (Å²) in [7, 11) is 1.65. The second-order valence-electron chi connectivity index (χ2n) is 4.94. The predicted molar refractivity (Wildman–Crippen MR) is 110 cm³/mol. The molecule has 26 heavy (non-hydrogen) atoms.